The second-order valence-electron chi connectivity index (χ2n) is 18.0. The van der Waals surface area contributed by atoms with Crippen LogP contribution in [0.1, 0.15) is 298 Å². The molecule has 6 heteroatoms. The van der Waals surface area contributed by atoms with Crippen LogP contribution in [0, 0.1) is 5.92 Å². The van der Waals surface area contributed by atoms with Crippen molar-refractivity contribution in [3.05, 3.63) is 0 Å². The Labute approximate surface area is 362 Å². The number of esters is 1. The lowest BCUT2D eigenvalue weighted by Crippen LogP contribution is -2.45. The fraction of sp³-hybridized carbons (Fsp3) is 0.962. The fourth-order valence-electron chi connectivity index (χ4n) is 8.36. The zero-order valence-corrected chi connectivity index (χ0v) is 40.1. The highest BCUT2D eigenvalue weighted by atomic mass is 16.6. The SMILES string of the molecule is CCCCCCCCCCCCCCCC(CC)C(O)(CCCCCC)C(=O)O.CCCCCCCCCCCCCCCCC(O)C(=O)OC(CC)CCCCC. The molecule has 4 unspecified atom stereocenters. The fourth-order valence-corrected chi connectivity index (χ4v) is 8.36. The van der Waals surface area contributed by atoms with Crippen LogP contribution in [0.25, 0.3) is 0 Å². The van der Waals surface area contributed by atoms with Crippen LogP contribution in [0.4, 0.5) is 0 Å². The first-order valence-corrected chi connectivity index (χ1v) is 26.0. The van der Waals surface area contributed by atoms with Gasteiger partial charge in [0.1, 0.15) is 6.10 Å². The summed E-state index contributed by atoms with van der Waals surface area (Å²) in [5.41, 5.74) is -1.53. The first-order valence-electron chi connectivity index (χ1n) is 26.0. The molecule has 0 aromatic heterocycles. The Morgan fingerprint density at radius 3 is 1.09 bits per heavy atom. The Kier molecular flexibility index (Phi) is 46.1. The normalized spacial score (nSPS) is 14.0. The van der Waals surface area contributed by atoms with Gasteiger partial charge in [-0.05, 0) is 57.3 Å². The average Bonchev–Trinajstić information content (AvgIpc) is 3.22. The van der Waals surface area contributed by atoms with E-state index in [1.165, 1.54) is 167 Å². The number of aliphatic hydroxyl groups excluding tert-OH is 1. The summed E-state index contributed by atoms with van der Waals surface area (Å²) in [6, 6.07) is 0. The number of carbonyl (C=O) groups excluding carboxylic acids is 1. The zero-order chi connectivity index (χ0) is 43.4. The lowest BCUT2D eigenvalue weighted by molar-refractivity contribution is -0.167. The van der Waals surface area contributed by atoms with Crippen molar-refractivity contribution < 1.29 is 29.6 Å². The quantitative estimate of drug-likeness (QED) is 0.0418. The van der Waals surface area contributed by atoms with E-state index >= 15 is 0 Å². The van der Waals surface area contributed by atoms with Gasteiger partial charge in [0.2, 0.25) is 0 Å². The van der Waals surface area contributed by atoms with Crippen LogP contribution in [0.2, 0.25) is 0 Å². The van der Waals surface area contributed by atoms with Crippen LogP contribution in [-0.4, -0.2) is 45.1 Å². The number of carbonyl (C=O) groups is 2. The van der Waals surface area contributed by atoms with Crippen molar-refractivity contribution in [3.8, 4) is 0 Å². The predicted molar refractivity (Wildman–Crippen MR) is 251 cm³/mol. The summed E-state index contributed by atoms with van der Waals surface area (Å²) in [6.45, 7) is 12.9. The lowest BCUT2D eigenvalue weighted by Gasteiger charge is -2.32. The molecule has 4 atom stereocenters. The van der Waals surface area contributed by atoms with Gasteiger partial charge >= 0.3 is 11.9 Å². The molecule has 6 nitrogen and oxygen atoms in total. The minimum atomic E-state index is -1.53. The number of carboxylic acids is 1. The average molecular weight is 825 g/mol. The van der Waals surface area contributed by atoms with Crippen LogP contribution < -0.4 is 0 Å². The molecule has 0 aliphatic carbocycles. The molecular formula is C52H104O6. The van der Waals surface area contributed by atoms with E-state index in [0.717, 1.165) is 77.0 Å². The van der Waals surface area contributed by atoms with Gasteiger partial charge in [-0.2, -0.15) is 0 Å². The van der Waals surface area contributed by atoms with Crippen LogP contribution in [0.15, 0.2) is 0 Å². The van der Waals surface area contributed by atoms with Gasteiger partial charge in [-0.3, -0.25) is 0 Å². The van der Waals surface area contributed by atoms with Gasteiger partial charge in [0, 0.05) is 0 Å². The van der Waals surface area contributed by atoms with Crippen molar-refractivity contribution in [3.63, 3.8) is 0 Å². The van der Waals surface area contributed by atoms with Crippen molar-refractivity contribution in [2.45, 2.75) is 316 Å². The molecule has 0 aromatic rings. The van der Waals surface area contributed by atoms with Gasteiger partial charge in [0.05, 0.1) is 0 Å². The van der Waals surface area contributed by atoms with Crippen molar-refractivity contribution in [1.82, 2.24) is 0 Å². The molecule has 0 saturated carbocycles. The number of hydrogen-bond donors (Lipinski definition) is 3. The molecule has 0 aliphatic heterocycles. The summed E-state index contributed by atoms with van der Waals surface area (Å²) in [7, 11) is 0. The molecule has 0 radical (unpaired) electrons. The maximum atomic E-state index is 12.0. The second kappa shape index (κ2) is 45.4. The molecule has 0 heterocycles. The third-order valence-electron chi connectivity index (χ3n) is 12.6. The molecule has 0 rings (SSSR count). The van der Waals surface area contributed by atoms with E-state index in [9.17, 15) is 24.9 Å². The summed E-state index contributed by atoms with van der Waals surface area (Å²) in [4.78, 5) is 23.8. The minimum Gasteiger partial charge on any atom is -0.479 e. The largest absolute Gasteiger partial charge is 0.479 e. The lowest BCUT2D eigenvalue weighted by atomic mass is 9.78. The van der Waals surface area contributed by atoms with Gasteiger partial charge in [-0.15, -0.1) is 0 Å². The van der Waals surface area contributed by atoms with Gasteiger partial charge in [0.25, 0.3) is 0 Å². The zero-order valence-electron chi connectivity index (χ0n) is 40.1. The summed E-state index contributed by atoms with van der Waals surface area (Å²) >= 11 is 0. The minimum absolute atomic E-state index is 0.0277. The van der Waals surface area contributed by atoms with E-state index < -0.39 is 23.6 Å². The number of rotatable bonds is 44. The van der Waals surface area contributed by atoms with Gasteiger partial charge in [-0.25, -0.2) is 9.59 Å². The third kappa shape index (κ3) is 36.7. The molecular weight excluding hydrogens is 721 g/mol. The molecule has 0 fully saturated rings. The third-order valence-corrected chi connectivity index (χ3v) is 12.6. The van der Waals surface area contributed by atoms with Crippen molar-refractivity contribution in [2.75, 3.05) is 0 Å². The number of hydrogen-bond acceptors (Lipinski definition) is 5. The first kappa shape index (κ1) is 59.0. The summed E-state index contributed by atoms with van der Waals surface area (Å²) in [6.07, 6.45) is 46.4. The topological polar surface area (TPSA) is 104 Å². The highest BCUT2D eigenvalue weighted by Gasteiger charge is 2.42. The molecule has 0 bridgehead atoms. The number of unbranched alkanes of at least 4 members (excludes halogenated alkanes) is 30. The highest BCUT2D eigenvalue weighted by Crippen LogP contribution is 2.32. The van der Waals surface area contributed by atoms with Gasteiger partial charge < -0.3 is 20.1 Å². The van der Waals surface area contributed by atoms with Crippen molar-refractivity contribution >= 4 is 11.9 Å². The molecule has 3 N–H and O–H groups in total. The molecule has 0 saturated heterocycles. The Morgan fingerprint density at radius 2 is 0.741 bits per heavy atom. The van der Waals surface area contributed by atoms with E-state index in [0.29, 0.717) is 12.8 Å². The van der Waals surface area contributed by atoms with Crippen molar-refractivity contribution in [2.24, 2.45) is 5.92 Å². The Bertz CT molecular complexity index is 846. The Hall–Kier alpha value is -1.14. The monoisotopic (exact) mass is 825 g/mol. The van der Waals surface area contributed by atoms with E-state index in [2.05, 4.69) is 27.7 Å². The standard InChI is InChI=1S/2C26H52O3/c1-4-7-9-10-11-12-13-14-15-16-17-18-19-21-23-25(27)26(28)29-24(6-3)22-20-8-5-2;1-4-7-9-11-12-13-14-15-16-17-18-19-20-22-24(6-3)26(29,25(27)28)23-21-10-8-5-2/h24-25,27H,4-23H2,1-3H3;24,29H,4-23H2,1-3H3,(H,27,28). The van der Waals surface area contributed by atoms with Crippen LogP contribution in [0.5, 0.6) is 0 Å². The number of ether oxygens (including phenoxy) is 1. The first-order chi connectivity index (χ1) is 28.2. The Balaban J connectivity index is 0. The van der Waals surface area contributed by atoms with Crippen molar-refractivity contribution in [1.29, 1.82) is 0 Å². The number of carboxylic acid groups (broad SMARTS) is 1. The predicted octanol–water partition coefficient (Wildman–Crippen LogP) is 16.4. The van der Waals surface area contributed by atoms with E-state index in [-0.39, 0.29) is 12.0 Å². The summed E-state index contributed by atoms with van der Waals surface area (Å²) in [5, 5.41) is 30.5. The maximum Gasteiger partial charge on any atom is 0.335 e. The highest BCUT2D eigenvalue weighted by molar-refractivity contribution is 5.77. The van der Waals surface area contributed by atoms with Crippen LogP contribution >= 0.6 is 0 Å². The van der Waals surface area contributed by atoms with Gasteiger partial charge in [0.15, 0.2) is 11.7 Å². The maximum absolute atomic E-state index is 12.0. The molecule has 0 aliphatic rings. The van der Waals surface area contributed by atoms with Gasteiger partial charge in [-0.1, -0.05) is 247 Å². The number of aliphatic carboxylic acids is 1. The molecule has 58 heavy (non-hydrogen) atoms. The summed E-state index contributed by atoms with van der Waals surface area (Å²) < 4.78 is 5.49. The molecule has 0 aromatic carbocycles. The Morgan fingerprint density at radius 1 is 0.431 bits per heavy atom. The van der Waals surface area contributed by atoms with E-state index in [1.807, 2.05) is 13.8 Å². The smallest absolute Gasteiger partial charge is 0.335 e. The summed E-state index contributed by atoms with van der Waals surface area (Å²) in [5.74, 6) is -1.55. The van der Waals surface area contributed by atoms with Crippen LogP contribution in [0.3, 0.4) is 0 Å². The van der Waals surface area contributed by atoms with E-state index in [1.54, 1.807) is 0 Å². The van der Waals surface area contributed by atoms with Crippen LogP contribution in [-0.2, 0) is 14.3 Å². The number of aliphatic hydroxyl groups is 2. The molecule has 348 valence electrons. The van der Waals surface area contributed by atoms with E-state index in [4.69, 9.17) is 4.74 Å². The molecule has 0 spiro atoms. The molecule has 0 amide bonds. The second-order valence-corrected chi connectivity index (χ2v) is 18.0.